The maximum Gasteiger partial charge on any atom is 0.343 e. The monoisotopic (exact) mass is 432 g/mol. The van der Waals surface area contributed by atoms with Gasteiger partial charge in [-0.05, 0) is 37.5 Å². The lowest BCUT2D eigenvalue weighted by Crippen LogP contribution is -2.40. The zero-order valence-electron chi connectivity index (χ0n) is 17.2. The number of methoxy groups -OCH3 is 1. The van der Waals surface area contributed by atoms with Crippen molar-refractivity contribution in [2.75, 3.05) is 38.5 Å². The maximum absolute atomic E-state index is 12.7. The molecule has 3 heterocycles. The molecule has 0 amide bonds. The number of pyridine rings is 1. The number of carbonyl (C=O) groups excluding carboxylic acids is 1. The first-order valence-electron chi connectivity index (χ1n) is 10.2. The average molecular weight is 433 g/mol. The van der Waals surface area contributed by atoms with Gasteiger partial charge in [-0.15, -0.1) is 0 Å². The minimum absolute atomic E-state index is 0.0406. The fourth-order valence-corrected chi connectivity index (χ4v) is 4.41. The number of fused-ring (bicyclic) bond motifs is 6. The summed E-state index contributed by atoms with van der Waals surface area (Å²) in [6.07, 6.45) is 4.35. The maximum atomic E-state index is 12.7. The third kappa shape index (κ3) is 3.68. The number of carbonyl (C=O) groups is 1. The van der Waals surface area contributed by atoms with Crippen LogP contribution in [0.5, 0.6) is 5.75 Å². The van der Waals surface area contributed by atoms with Crippen molar-refractivity contribution < 1.29 is 19.0 Å². The van der Waals surface area contributed by atoms with Gasteiger partial charge in [-0.1, -0.05) is 11.6 Å². The van der Waals surface area contributed by atoms with Gasteiger partial charge < -0.3 is 19.2 Å². The van der Waals surface area contributed by atoms with Crippen LogP contribution in [0.25, 0.3) is 11.3 Å². The molecule has 1 aromatic heterocycles. The first-order valence-corrected chi connectivity index (χ1v) is 10.6. The van der Waals surface area contributed by atoms with Crippen LogP contribution in [-0.4, -0.2) is 44.1 Å². The summed E-state index contributed by atoms with van der Waals surface area (Å²) >= 11 is 6.51. The summed E-state index contributed by atoms with van der Waals surface area (Å²) in [6.45, 7) is 3.90. The number of aromatic nitrogens is 1. The van der Waals surface area contributed by atoms with E-state index in [-0.39, 0.29) is 23.6 Å². The van der Waals surface area contributed by atoms with Gasteiger partial charge in [0.1, 0.15) is 11.3 Å². The van der Waals surface area contributed by atoms with Crippen LogP contribution in [0, 0.1) is 0 Å². The minimum atomic E-state index is -0.600. The number of rotatable bonds is 7. The van der Waals surface area contributed by atoms with Crippen LogP contribution in [0.2, 0.25) is 5.02 Å². The molecule has 1 atom stereocenters. The summed E-state index contributed by atoms with van der Waals surface area (Å²) in [5, 5.41) is 2.67. The van der Waals surface area contributed by atoms with Crippen molar-refractivity contribution in [3.8, 4) is 17.0 Å². The third-order valence-electron chi connectivity index (χ3n) is 5.52. The molecule has 2 aliphatic heterocycles. The van der Waals surface area contributed by atoms with E-state index >= 15 is 0 Å². The smallest absolute Gasteiger partial charge is 0.343 e. The molecule has 0 saturated carbocycles. The molecular formula is C22H25ClN2O5. The predicted molar refractivity (Wildman–Crippen MR) is 114 cm³/mol. The summed E-state index contributed by atoms with van der Waals surface area (Å²) in [4.78, 5) is 24.9. The molecule has 1 saturated heterocycles. The van der Waals surface area contributed by atoms with Gasteiger partial charge in [0.05, 0.1) is 30.0 Å². The highest BCUT2D eigenvalue weighted by Crippen LogP contribution is 2.45. The van der Waals surface area contributed by atoms with Crippen molar-refractivity contribution in [1.29, 1.82) is 0 Å². The Labute approximate surface area is 180 Å². The van der Waals surface area contributed by atoms with Crippen LogP contribution < -0.4 is 15.2 Å². The lowest BCUT2D eigenvalue weighted by atomic mass is 9.94. The second-order valence-electron chi connectivity index (χ2n) is 7.39. The fourth-order valence-electron chi connectivity index (χ4n) is 4.19. The highest BCUT2D eigenvalue weighted by atomic mass is 35.5. The Bertz CT molecular complexity index is 1020. The van der Waals surface area contributed by atoms with Crippen LogP contribution in [0.4, 0.5) is 0 Å². The number of nitrogens with zero attached hydrogens (tertiary/aromatic N) is 2. The zero-order valence-corrected chi connectivity index (χ0v) is 17.9. The largest absolute Gasteiger partial charge is 0.492 e. The lowest BCUT2D eigenvalue weighted by molar-refractivity contribution is 0.0524. The Hall–Kier alpha value is -2.51. The van der Waals surface area contributed by atoms with Crippen molar-refractivity contribution in [2.24, 2.45) is 0 Å². The first-order chi connectivity index (χ1) is 14.5. The number of esters is 1. The van der Waals surface area contributed by atoms with E-state index < -0.39 is 5.97 Å². The molecule has 1 aromatic carbocycles. The molecule has 4 rings (SSSR count). The topological polar surface area (TPSA) is 70.0 Å². The summed E-state index contributed by atoms with van der Waals surface area (Å²) in [5.74, 6) is 0.0366. The minimum Gasteiger partial charge on any atom is -0.492 e. The molecule has 0 bridgehead atoms. The SMILES string of the molecule is CCOC(=O)c1cn2c(cc1=O)-c1cc(Cl)c(OCCCOC)cc1C1CCCN12. The molecule has 2 aliphatic rings. The van der Waals surface area contributed by atoms with E-state index in [0.29, 0.717) is 29.7 Å². The van der Waals surface area contributed by atoms with E-state index in [9.17, 15) is 9.59 Å². The van der Waals surface area contributed by atoms with Crippen molar-refractivity contribution in [3.05, 3.63) is 50.8 Å². The number of hydrogen-bond acceptors (Lipinski definition) is 6. The van der Waals surface area contributed by atoms with Gasteiger partial charge in [0.15, 0.2) is 5.43 Å². The molecule has 7 nitrogen and oxygen atoms in total. The van der Waals surface area contributed by atoms with E-state index in [1.165, 1.54) is 6.07 Å². The van der Waals surface area contributed by atoms with Crippen LogP contribution in [0.15, 0.2) is 29.2 Å². The number of hydrogen-bond donors (Lipinski definition) is 0. The Kier molecular flexibility index (Phi) is 6.01. The summed E-state index contributed by atoms with van der Waals surface area (Å²) in [7, 11) is 1.66. The highest BCUT2D eigenvalue weighted by molar-refractivity contribution is 6.32. The Morgan fingerprint density at radius 3 is 2.87 bits per heavy atom. The van der Waals surface area contributed by atoms with Gasteiger partial charge in [0.2, 0.25) is 0 Å². The van der Waals surface area contributed by atoms with E-state index in [0.717, 1.165) is 36.9 Å². The summed E-state index contributed by atoms with van der Waals surface area (Å²) < 4.78 is 17.9. The van der Waals surface area contributed by atoms with E-state index in [1.807, 2.05) is 16.8 Å². The van der Waals surface area contributed by atoms with Crippen molar-refractivity contribution in [1.82, 2.24) is 4.68 Å². The Morgan fingerprint density at radius 2 is 2.10 bits per heavy atom. The Balaban J connectivity index is 1.77. The van der Waals surface area contributed by atoms with Crippen molar-refractivity contribution in [2.45, 2.75) is 32.2 Å². The lowest BCUT2D eigenvalue weighted by Gasteiger charge is -2.37. The average Bonchev–Trinajstić information content (AvgIpc) is 3.22. The van der Waals surface area contributed by atoms with E-state index in [4.69, 9.17) is 25.8 Å². The Morgan fingerprint density at radius 1 is 1.27 bits per heavy atom. The van der Waals surface area contributed by atoms with Crippen LogP contribution in [-0.2, 0) is 9.47 Å². The normalized spacial score (nSPS) is 16.6. The fraction of sp³-hybridized carbons (Fsp3) is 0.455. The second-order valence-corrected chi connectivity index (χ2v) is 7.79. The van der Waals surface area contributed by atoms with Gasteiger partial charge in [-0.2, -0.15) is 0 Å². The van der Waals surface area contributed by atoms with Gasteiger partial charge in [0.25, 0.3) is 0 Å². The van der Waals surface area contributed by atoms with Crippen LogP contribution >= 0.6 is 11.6 Å². The highest BCUT2D eigenvalue weighted by Gasteiger charge is 2.35. The second kappa shape index (κ2) is 8.70. The first kappa shape index (κ1) is 20.8. The molecule has 0 N–H and O–H groups in total. The molecule has 0 aliphatic carbocycles. The molecule has 0 radical (unpaired) electrons. The van der Waals surface area contributed by atoms with Crippen LogP contribution in [0.1, 0.15) is 48.1 Å². The van der Waals surface area contributed by atoms with Gasteiger partial charge in [-0.25, -0.2) is 4.79 Å². The molecule has 8 heteroatoms. The molecule has 0 spiro atoms. The molecule has 160 valence electrons. The third-order valence-corrected chi connectivity index (χ3v) is 5.81. The molecular weight excluding hydrogens is 408 g/mol. The van der Waals surface area contributed by atoms with E-state index in [2.05, 4.69) is 5.01 Å². The van der Waals surface area contributed by atoms with Crippen molar-refractivity contribution in [3.63, 3.8) is 0 Å². The number of halogens is 1. The summed E-state index contributed by atoms with van der Waals surface area (Å²) in [5.41, 5.74) is 2.37. The van der Waals surface area contributed by atoms with Crippen LogP contribution in [0.3, 0.4) is 0 Å². The molecule has 1 fully saturated rings. The van der Waals surface area contributed by atoms with Gasteiger partial charge in [-0.3, -0.25) is 9.47 Å². The zero-order chi connectivity index (χ0) is 21.3. The van der Waals surface area contributed by atoms with Gasteiger partial charge in [0, 0.05) is 44.5 Å². The van der Waals surface area contributed by atoms with Gasteiger partial charge >= 0.3 is 5.97 Å². The quantitative estimate of drug-likeness (QED) is 0.492. The summed E-state index contributed by atoms with van der Waals surface area (Å²) in [6, 6.07) is 5.46. The predicted octanol–water partition coefficient (Wildman–Crippen LogP) is 3.55. The van der Waals surface area contributed by atoms with Crippen molar-refractivity contribution >= 4 is 17.6 Å². The standard InChI is InChI=1S/C22H25ClN2O5/c1-3-29-22(27)16-13-25-19(12-20(16)26)14-10-17(23)21(30-9-5-8-28-2)11-15(14)18-6-4-7-24(18)25/h10-13,18H,3-9H2,1-2H3. The van der Waals surface area contributed by atoms with E-state index in [1.54, 1.807) is 20.2 Å². The molecule has 30 heavy (non-hydrogen) atoms. The molecule has 2 aromatic rings. The number of ether oxygens (including phenoxy) is 3. The number of benzene rings is 1. The molecule has 1 unspecified atom stereocenters.